The molecule has 2 saturated heterocycles. The Morgan fingerprint density at radius 2 is 1.69 bits per heavy atom. The Morgan fingerprint density at radius 1 is 1.04 bits per heavy atom. The number of urea groups is 1. The van der Waals surface area contributed by atoms with E-state index >= 15 is 0 Å². The summed E-state index contributed by atoms with van der Waals surface area (Å²) >= 11 is 0. The molecule has 0 radical (unpaired) electrons. The van der Waals surface area contributed by atoms with Gasteiger partial charge in [-0.05, 0) is 12.8 Å². The van der Waals surface area contributed by atoms with Crippen LogP contribution in [0.15, 0.2) is 65.8 Å². The van der Waals surface area contributed by atoms with Crippen LogP contribution in [-0.2, 0) is 4.84 Å². The molecule has 2 aliphatic rings. The third-order valence-corrected chi connectivity index (χ3v) is 5.03. The van der Waals surface area contributed by atoms with Crippen LogP contribution in [0.4, 0.5) is 4.79 Å². The zero-order valence-corrected chi connectivity index (χ0v) is 14.8. The minimum atomic E-state index is 0.145. The van der Waals surface area contributed by atoms with E-state index in [0.717, 1.165) is 42.8 Å². The number of oxime groups is 1. The number of fused-ring (bicyclic) bond motifs is 1. The van der Waals surface area contributed by atoms with Crippen molar-refractivity contribution in [3.05, 3.63) is 71.8 Å². The quantitative estimate of drug-likeness (QED) is 0.456. The molecule has 2 amide bonds. The molecule has 0 saturated carbocycles. The first-order valence-electron chi connectivity index (χ1n) is 9.19. The van der Waals surface area contributed by atoms with Gasteiger partial charge in [-0.25, -0.2) is 4.79 Å². The van der Waals surface area contributed by atoms with Crippen LogP contribution in [0.1, 0.15) is 24.0 Å². The lowest BCUT2D eigenvalue weighted by Crippen LogP contribution is -2.33. The molecule has 2 aliphatic heterocycles. The number of hydrogen-bond donors (Lipinski definition) is 0. The van der Waals surface area contributed by atoms with Crippen molar-refractivity contribution in [2.45, 2.75) is 18.9 Å². The van der Waals surface area contributed by atoms with Crippen LogP contribution in [0.2, 0.25) is 0 Å². The summed E-state index contributed by atoms with van der Waals surface area (Å²) in [6.07, 6.45) is 2.25. The first-order chi connectivity index (χ1) is 12.8. The van der Waals surface area contributed by atoms with Crippen LogP contribution in [0.3, 0.4) is 0 Å². The number of carbonyl (C=O) groups is 1. The summed E-state index contributed by atoms with van der Waals surface area (Å²) in [5.74, 6) is 0. The van der Waals surface area contributed by atoms with Crippen molar-refractivity contribution in [2.24, 2.45) is 5.16 Å². The predicted octanol–water partition coefficient (Wildman–Crippen LogP) is 3.36. The Kier molecular flexibility index (Phi) is 4.86. The summed E-state index contributed by atoms with van der Waals surface area (Å²) < 4.78 is 0. The number of amides is 2. The average molecular weight is 349 g/mol. The minimum Gasteiger partial charge on any atom is -0.393 e. The summed E-state index contributed by atoms with van der Waals surface area (Å²) in [6, 6.07) is 20.6. The monoisotopic (exact) mass is 349 g/mol. The van der Waals surface area contributed by atoms with Gasteiger partial charge < -0.3 is 14.6 Å². The van der Waals surface area contributed by atoms with Gasteiger partial charge in [-0.3, -0.25) is 0 Å². The first kappa shape index (κ1) is 16.6. The van der Waals surface area contributed by atoms with Crippen molar-refractivity contribution in [1.29, 1.82) is 0 Å². The maximum atomic E-state index is 12.3. The fraction of sp³-hybridized carbons (Fsp3) is 0.333. The number of hydrogen-bond acceptors (Lipinski definition) is 3. The van der Waals surface area contributed by atoms with Crippen molar-refractivity contribution >= 4 is 11.7 Å². The molecule has 26 heavy (non-hydrogen) atoms. The second-order valence-corrected chi connectivity index (χ2v) is 6.72. The lowest BCUT2D eigenvalue weighted by Gasteiger charge is -2.16. The molecule has 0 N–H and O–H groups in total. The molecule has 0 unspecified atom stereocenters. The van der Waals surface area contributed by atoms with Gasteiger partial charge in [0.2, 0.25) is 0 Å². The normalized spacial score (nSPS) is 18.8. The molecule has 2 fully saturated rings. The fourth-order valence-electron chi connectivity index (χ4n) is 3.70. The highest BCUT2D eigenvalue weighted by Gasteiger charge is 2.39. The van der Waals surface area contributed by atoms with Crippen LogP contribution < -0.4 is 0 Å². The summed E-state index contributed by atoms with van der Waals surface area (Å²) in [7, 11) is 0. The van der Waals surface area contributed by atoms with E-state index in [1.165, 1.54) is 0 Å². The van der Waals surface area contributed by atoms with Gasteiger partial charge >= 0.3 is 6.03 Å². The molecule has 0 spiro atoms. The SMILES string of the molecule is O=C1N(CCON=C(c2ccccc2)c2ccccc2)C[C@@H]2CCCN12. The summed E-state index contributed by atoms with van der Waals surface area (Å²) in [4.78, 5) is 21.8. The van der Waals surface area contributed by atoms with Gasteiger partial charge in [0.1, 0.15) is 12.3 Å². The number of carbonyl (C=O) groups excluding carboxylic acids is 1. The van der Waals surface area contributed by atoms with Crippen LogP contribution in [0, 0.1) is 0 Å². The van der Waals surface area contributed by atoms with E-state index in [0.29, 0.717) is 19.2 Å². The molecule has 1 atom stereocenters. The van der Waals surface area contributed by atoms with E-state index in [-0.39, 0.29) is 6.03 Å². The van der Waals surface area contributed by atoms with Crippen molar-refractivity contribution in [3.8, 4) is 0 Å². The molecular weight excluding hydrogens is 326 g/mol. The third-order valence-electron chi connectivity index (χ3n) is 5.03. The smallest absolute Gasteiger partial charge is 0.320 e. The largest absolute Gasteiger partial charge is 0.393 e. The van der Waals surface area contributed by atoms with Gasteiger partial charge in [0, 0.05) is 24.2 Å². The molecule has 2 aromatic carbocycles. The highest BCUT2D eigenvalue weighted by Crippen LogP contribution is 2.25. The van der Waals surface area contributed by atoms with E-state index in [2.05, 4.69) is 5.16 Å². The Labute approximate surface area is 153 Å². The maximum absolute atomic E-state index is 12.3. The number of nitrogens with zero attached hydrogens (tertiary/aromatic N) is 3. The van der Waals surface area contributed by atoms with Crippen molar-refractivity contribution in [1.82, 2.24) is 9.80 Å². The van der Waals surface area contributed by atoms with Gasteiger partial charge in [0.05, 0.1) is 12.6 Å². The van der Waals surface area contributed by atoms with Crippen molar-refractivity contribution < 1.29 is 9.63 Å². The Morgan fingerprint density at radius 3 is 2.31 bits per heavy atom. The molecule has 5 heteroatoms. The van der Waals surface area contributed by atoms with Crippen molar-refractivity contribution in [3.63, 3.8) is 0 Å². The highest BCUT2D eigenvalue weighted by molar-refractivity contribution is 6.12. The second kappa shape index (κ2) is 7.60. The molecular formula is C21H23N3O2. The molecule has 0 aromatic heterocycles. The standard InChI is InChI=1S/C21H23N3O2/c25-21-23(16-19-12-7-13-24(19)21)14-15-26-22-20(17-8-3-1-4-9-17)18-10-5-2-6-11-18/h1-6,8-11,19H,7,12-16H2/t19-/m0/s1. The van der Waals surface area contributed by atoms with Gasteiger partial charge in [-0.1, -0.05) is 65.8 Å². The van der Waals surface area contributed by atoms with Gasteiger partial charge in [0.15, 0.2) is 0 Å². The highest BCUT2D eigenvalue weighted by atomic mass is 16.6. The van der Waals surface area contributed by atoms with Gasteiger partial charge in [-0.2, -0.15) is 0 Å². The van der Waals surface area contributed by atoms with E-state index in [1.807, 2.05) is 70.5 Å². The average Bonchev–Trinajstić information content (AvgIpc) is 3.26. The van der Waals surface area contributed by atoms with Crippen LogP contribution in [0.5, 0.6) is 0 Å². The van der Waals surface area contributed by atoms with Crippen LogP contribution in [-0.4, -0.2) is 53.8 Å². The Balaban J connectivity index is 1.41. The van der Waals surface area contributed by atoms with E-state index in [1.54, 1.807) is 0 Å². The number of rotatable bonds is 6. The van der Waals surface area contributed by atoms with E-state index in [9.17, 15) is 4.79 Å². The summed E-state index contributed by atoms with van der Waals surface area (Å²) in [6.45, 7) is 2.68. The van der Waals surface area contributed by atoms with Gasteiger partial charge in [0.25, 0.3) is 0 Å². The Hall–Kier alpha value is -2.82. The molecule has 2 heterocycles. The maximum Gasteiger partial charge on any atom is 0.320 e. The molecule has 5 nitrogen and oxygen atoms in total. The molecule has 2 aromatic rings. The first-order valence-corrected chi connectivity index (χ1v) is 9.19. The van der Waals surface area contributed by atoms with Crippen LogP contribution in [0.25, 0.3) is 0 Å². The van der Waals surface area contributed by atoms with E-state index < -0.39 is 0 Å². The van der Waals surface area contributed by atoms with Crippen LogP contribution >= 0.6 is 0 Å². The third kappa shape index (κ3) is 3.43. The molecule has 134 valence electrons. The predicted molar refractivity (Wildman–Crippen MR) is 101 cm³/mol. The number of benzene rings is 2. The lowest BCUT2D eigenvalue weighted by atomic mass is 10.0. The zero-order chi connectivity index (χ0) is 17.8. The Bertz CT molecular complexity index is 735. The van der Waals surface area contributed by atoms with E-state index in [4.69, 9.17) is 4.84 Å². The topological polar surface area (TPSA) is 45.1 Å². The molecule has 0 aliphatic carbocycles. The zero-order valence-electron chi connectivity index (χ0n) is 14.8. The second-order valence-electron chi connectivity index (χ2n) is 6.72. The van der Waals surface area contributed by atoms with Crippen molar-refractivity contribution in [2.75, 3.05) is 26.2 Å². The summed E-state index contributed by atoms with van der Waals surface area (Å²) in [5, 5.41) is 4.39. The molecule has 0 bridgehead atoms. The minimum absolute atomic E-state index is 0.145. The van der Waals surface area contributed by atoms with Gasteiger partial charge in [-0.15, -0.1) is 0 Å². The summed E-state index contributed by atoms with van der Waals surface area (Å²) in [5.41, 5.74) is 2.83. The molecule has 4 rings (SSSR count). The lowest BCUT2D eigenvalue weighted by molar-refractivity contribution is 0.121. The fourth-order valence-corrected chi connectivity index (χ4v) is 3.70.